The molecule has 0 N–H and O–H groups in total. The predicted octanol–water partition coefficient (Wildman–Crippen LogP) is 1.96. The average molecular weight is 250 g/mol. The summed E-state index contributed by atoms with van der Waals surface area (Å²) in [5, 5.41) is 0. The molecule has 98 valence electrons. The summed E-state index contributed by atoms with van der Waals surface area (Å²) in [6, 6.07) is 7.69. The summed E-state index contributed by atoms with van der Waals surface area (Å²) in [4.78, 5) is 11.3. The van der Waals surface area contributed by atoms with Gasteiger partial charge in [0.15, 0.2) is 5.78 Å². The lowest BCUT2D eigenvalue weighted by atomic mass is 9.90. The van der Waals surface area contributed by atoms with Gasteiger partial charge in [-0.2, -0.15) is 0 Å². The maximum Gasteiger partial charge on any atom is 0.166 e. The van der Waals surface area contributed by atoms with Gasteiger partial charge >= 0.3 is 0 Å². The minimum Gasteiger partial charge on any atom is -0.497 e. The van der Waals surface area contributed by atoms with Gasteiger partial charge in [0.05, 0.1) is 19.8 Å². The molecule has 0 radical (unpaired) electrons. The number of ketones is 1. The van der Waals surface area contributed by atoms with E-state index in [9.17, 15) is 4.79 Å². The molecule has 0 heterocycles. The van der Waals surface area contributed by atoms with Crippen LogP contribution >= 0.6 is 0 Å². The first-order valence-electron chi connectivity index (χ1n) is 6.13. The van der Waals surface area contributed by atoms with Crippen molar-refractivity contribution in [1.82, 2.24) is 0 Å². The molecular weight excluding hydrogens is 232 g/mol. The fraction of sp³-hybridized carbons (Fsp3) is 0.500. The van der Waals surface area contributed by atoms with Crippen LogP contribution in [-0.2, 0) is 20.9 Å². The molecule has 2 atom stereocenters. The molecule has 2 rings (SSSR count). The van der Waals surface area contributed by atoms with Crippen molar-refractivity contribution in [1.29, 1.82) is 0 Å². The van der Waals surface area contributed by atoms with E-state index in [1.807, 2.05) is 31.2 Å². The van der Waals surface area contributed by atoms with Crippen molar-refractivity contribution >= 4 is 5.78 Å². The van der Waals surface area contributed by atoms with E-state index in [0.29, 0.717) is 19.6 Å². The quantitative estimate of drug-likeness (QED) is 0.774. The highest BCUT2D eigenvalue weighted by Gasteiger charge is 2.41. The largest absolute Gasteiger partial charge is 0.497 e. The molecule has 0 aliphatic heterocycles. The Labute approximate surface area is 107 Å². The highest BCUT2D eigenvalue weighted by atomic mass is 16.5. The van der Waals surface area contributed by atoms with Crippen LogP contribution in [0.2, 0.25) is 0 Å². The lowest BCUT2D eigenvalue weighted by Gasteiger charge is -2.34. The Kier molecular flexibility index (Phi) is 4.33. The number of carbonyl (C=O) groups excluding carboxylic acids is 1. The summed E-state index contributed by atoms with van der Waals surface area (Å²) >= 11 is 0. The van der Waals surface area contributed by atoms with Gasteiger partial charge in [-0.15, -0.1) is 0 Å². The molecule has 18 heavy (non-hydrogen) atoms. The second-order valence-electron chi connectivity index (χ2n) is 4.24. The molecule has 1 aromatic carbocycles. The lowest BCUT2D eigenvalue weighted by Crippen LogP contribution is -2.50. The fourth-order valence-electron chi connectivity index (χ4n) is 1.92. The monoisotopic (exact) mass is 250 g/mol. The summed E-state index contributed by atoms with van der Waals surface area (Å²) in [7, 11) is 1.64. The lowest BCUT2D eigenvalue weighted by molar-refractivity contribution is -0.166. The summed E-state index contributed by atoms with van der Waals surface area (Å²) in [5.41, 5.74) is 1.06. The highest BCUT2D eigenvalue weighted by molar-refractivity contribution is 5.90. The molecule has 1 aliphatic carbocycles. The number of methoxy groups -OCH3 is 1. The molecule has 1 aromatic rings. The number of carbonyl (C=O) groups is 1. The van der Waals surface area contributed by atoms with E-state index < -0.39 is 0 Å². The zero-order valence-electron chi connectivity index (χ0n) is 10.7. The second-order valence-corrected chi connectivity index (χ2v) is 4.24. The standard InChI is InChI=1S/C14H18O4/c1-3-17-14-12(15)8-13(14)18-9-10-4-6-11(16-2)7-5-10/h4-7,13-14H,3,8-9H2,1-2H3. The van der Waals surface area contributed by atoms with E-state index in [1.54, 1.807) is 7.11 Å². The third-order valence-electron chi connectivity index (χ3n) is 3.03. The molecule has 1 saturated carbocycles. The Balaban J connectivity index is 1.82. The molecule has 4 heteroatoms. The number of rotatable bonds is 6. The molecule has 0 aromatic heterocycles. The van der Waals surface area contributed by atoms with Gasteiger partial charge in [-0.3, -0.25) is 4.79 Å². The topological polar surface area (TPSA) is 44.8 Å². The maximum atomic E-state index is 11.3. The first kappa shape index (κ1) is 13.1. The molecule has 0 amide bonds. The van der Waals surface area contributed by atoms with Crippen molar-refractivity contribution < 1.29 is 19.0 Å². The van der Waals surface area contributed by atoms with Crippen LogP contribution in [0.3, 0.4) is 0 Å². The van der Waals surface area contributed by atoms with Crippen molar-refractivity contribution in [3.05, 3.63) is 29.8 Å². The first-order chi connectivity index (χ1) is 8.74. The van der Waals surface area contributed by atoms with Crippen LogP contribution in [0.4, 0.5) is 0 Å². The molecule has 1 fully saturated rings. The predicted molar refractivity (Wildman–Crippen MR) is 66.6 cm³/mol. The van der Waals surface area contributed by atoms with E-state index in [0.717, 1.165) is 11.3 Å². The van der Waals surface area contributed by atoms with Crippen LogP contribution < -0.4 is 4.74 Å². The number of Topliss-reactive ketones (excluding diaryl/α,β-unsaturated/α-hetero) is 1. The van der Waals surface area contributed by atoms with Crippen LogP contribution in [-0.4, -0.2) is 31.7 Å². The third kappa shape index (κ3) is 2.89. The molecule has 4 nitrogen and oxygen atoms in total. The first-order valence-corrected chi connectivity index (χ1v) is 6.13. The van der Waals surface area contributed by atoms with Gasteiger partial charge in [-0.05, 0) is 24.6 Å². The molecular formula is C14H18O4. The molecule has 1 aliphatic rings. The van der Waals surface area contributed by atoms with Gasteiger partial charge in [0.25, 0.3) is 0 Å². The van der Waals surface area contributed by atoms with Gasteiger partial charge in [-0.25, -0.2) is 0 Å². The minimum absolute atomic E-state index is 0.0976. The number of ether oxygens (including phenoxy) is 3. The van der Waals surface area contributed by atoms with Gasteiger partial charge in [0, 0.05) is 13.0 Å². The van der Waals surface area contributed by atoms with Gasteiger partial charge in [0.1, 0.15) is 11.9 Å². The van der Waals surface area contributed by atoms with E-state index in [4.69, 9.17) is 14.2 Å². The minimum atomic E-state index is -0.367. The van der Waals surface area contributed by atoms with E-state index >= 15 is 0 Å². The normalized spacial score (nSPS) is 22.7. The second kappa shape index (κ2) is 5.98. The van der Waals surface area contributed by atoms with E-state index in [1.165, 1.54) is 0 Å². The van der Waals surface area contributed by atoms with E-state index in [2.05, 4.69) is 0 Å². The molecule has 0 saturated heterocycles. The Morgan fingerprint density at radius 3 is 2.50 bits per heavy atom. The average Bonchev–Trinajstić information content (AvgIpc) is 2.41. The SMILES string of the molecule is CCOC1C(=O)CC1OCc1ccc(OC)cc1. The van der Waals surface area contributed by atoms with Crippen LogP contribution in [0, 0.1) is 0 Å². The van der Waals surface area contributed by atoms with Gasteiger partial charge in [-0.1, -0.05) is 12.1 Å². The summed E-state index contributed by atoms with van der Waals surface area (Å²) < 4.78 is 16.1. The summed E-state index contributed by atoms with van der Waals surface area (Å²) in [5.74, 6) is 0.960. The molecule has 0 bridgehead atoms. The van der Waals surface area contributed by atoms with Crippen molar-refractivity contribution in [2.45, 2.75) is 32.2 Å². The van der Waals surface area contributed by atoms with E-state index in [-0.39, 0.29) is 18.0 Å². The maximum absolute atomic E-state index is 11.3. The summed E-state index contributed by atoms with van der Waals surface area (Å²) in [6.45, 7) is 2.91. The Morgan fingerprint density at radius 1 is 1.22 bits per heavy atom. The number of benzene rings is 1. The summed E-state index contributed by atoms with van der Waals surface area (Å²) in [6.07, 6.45) is -0.00585. The Bertz CT molecular complexity index is 399. The fourth-order valence-corrected chi connectivity index (χ4v) is 1.92. The third-order valence-corrected chi connectivity index (χ3v) is 3.03. The molecule has 0 spiro atoms. The zero-order valence-corrected chi connectivity index (χ0v) is 10.7. The highest BCUT2D eigenvalue weighted by Crippen LogP contribution is 2.24. The number of hydrogen-bond donors (Lipinski definition) is 0. The Morgan fingerprint density at radius 2 is 1.94 bits per heavy atom. The zero-order chi connectivity index (χ0) is 13.0. The van der Waals surface area contributed by atoms with Crippen LogP contribution in [0.25, 0.3) is 0 Å². The van der Waals surface area contributed by atoms with Crippen molar-refractivity contribution in [2.24, 2.45) is 0 Å². The smallest absolute Gasteiger partial charge is 0.166 e. The Hall–Kier alpha value is -1.39. The van der Waals surface area contributed by atoms with Crippen molar-refractivity contribution in [2.75, 3.05) is 13.7 Å². The van der Waals surface area contributed by atoms with Crippen LogP contribution in [0.5, 0.6) is 5.75 Å². The van der Waals surface area contributed by atoms with Crippen molar-refractivity contribution in [3.8, 4) is 5.75 Å². The van der Waals surface area contributed by atoms with Crippen LogP contribution in [0.1, 0.15) is 18.9 Å². The van der Waals surface area contributed by atoms with Gasteiger partial charge in [0.2, 0.25) is 0 Å². The van der Waals surface area contributed by atoms with Crippen molar-refractivity contribution in [3.63, 3.8) is 0 Å². The van der Waals surface area contributed by atoms with Crippen LogP contribution in [0.15, 0.2) is 24.3 Å². The van der Waals surface area contributed by atoms with Gasteiger partial charge < -0.3 is 14.2 Å². The number of hydrogen-bond acceptors (Lipinski definition) is 4. The molecule has 2 unspecified atom stereocenters.